The summed E-state index contributed by atoms with van der Waals surface area (Å²) in [7, 11) is 0. The van der Waals surface area contributed by atoms with Crippen molar-refractivity contribution in [3.05, 3.63) is 0 Å². The second kappa shape index (κ2) is 7.66. The second-order valence-electron chi connectivity index (χ2n) is 8.68. The molecule has 2 atom stereocenters. The van der Waals surface area contributed by atoms with E-state index in [0.717, 1.165) is 58.7 Å². The number of hydrogen-bond donors (Lipinski definition) is 2. The molecule has 4 fully saturated rings. The van der Waals surface area contributed by atoms with Crippen molar-refractivity contribution in [1.82, 2.24) is 20.0 Å². The lowest BCUT2D eigenvalue weighted by molar-refractivity contribution is -0.157. The van der Waals surface area contributed by atoms with Gasteiger partial charge in [-0.2, -0.15) is 0 Å². The quantitative estimate of drug-likeness (QED) is 0.652. The lowest BCUT2D eigenvalue weighted by Gasteiger charge is -2.62. The van der Waals surface area contributed by atoms with Gasteiger partial charge >= 0.3 is 0 Å². The van der Waals surface area contributed by atoms with E-state index in [1.54, 1.807) is 0 Å². The molecule has 0 aromatic rings. The molecule has 0 aromatic carbocycles. The fourth-order valence-corrected chi connectivity index (χ4v) is 5.40. The molecule has 2 N–H and O–H groups in total. The van der Waals surface area contributed by atoms with Crippen molar-refractivity contribution in [1.29, 1.82) is 0 Å². The number of aliphatic hydroxyl groups excluding tert-OH is 1. The first-order valence-corrected chi connectivity index (χ1v) is 10.3. The van der Waals surface area contributed by atoms with Crippen LogP contribution in [-0.4, -0.2) is 108 Å². The van der Waals surface area contributed by atoms with Crippen molar-refractivity contribution in [2.24, 2.45) is 0 Å². The lowest BCUT2D eigenvalue weighted by atomic mass is 9.81. The van der Waals surface area contributed by atoms with Crippen LogP contribution in [-0.2, 0) is 14.3 Å². The molecule has 4 aliphatic heterocycles. The zero-order valence-corrected chi connectivity index (χ0v) is 16.2. The molecule has 4 heterocycles. The monoisotopic (exact) mass is 380 g/mol. The Morgan fingerprint density at radius 1 is 1.15 bits per heavy atom. The largest absolute Gasteiger partial charge is 0.392 e. The molecule has 0 aromatic heterocycles. The maximum absolute atomic E-state index is 12.7. The lowest BCUT2D eigenvalue weighted by Crippen LogP contribution is -2.79. The molecule has 0 saturated carbocycles. The van der Waals surface area contributed by atoms with E-state index >= 15 is 0 Å². The van der Waals surface area contributed by atoms with Gasteiger partial charge < -0.3 is 20.1 Å². The maximum Gasteiger partial charge on any atom is 0.224 e. The van der Waals surface area contributed by atoms with E-state index in [1.807, 2.05) is 4.90 Å². The third-order valence-corrected chi connectivity index (χ3v) is 6.69. The summed E-state index contributed by atoms with van der Waals surface area (Å²) in [6.45, 7) is 7.62. The van der Waals surface area contributed by atoms with Crippen LogP contribution in [0.2, 0.25) is 0 Å². The molecule has 8 heteroatoms. The van der Waals surface area contributed by atoms with Crippen LogP contribution in [0.5, 0.6) is 0 Å². The van der Waals surface area contributed by atoms with Gasteiger partial charge in [0, 0.05) is 77.9 Å². The Morgan fingerprint density at radius 2 is 1.89 bits per heavy atom. The number of ether oxygens (including phenoxy) is 1. The van der Waals surface area contributed by atoms with Gasteiger partial charge in [0.25, 0.3) is 0 Å². The number of carbonyl (C=O) groups excluding carboxylic acids is 2. The average Bonchev–Trinajstić information content (AvgIpc) is 2.99. The van der Waals surface area contributed by atoms with Crippen LogP contribution < -0.4 is 5.32 Å². The Morgan fingerprint density at radius 3 is 2.59 bits per heavy atom. The second-order valence-corrected chi connectivity index (χ2v) is 8.68. The number of aliphatic hydroxyl groups is 1. The Bertz CT molecular complexity index is 574. The third-order valence-electron chi connectivity index (χ3n) is 6.69. The molecule has 0 radical (unpaired) electrons. The summed E-state index contributed by atoms with van der Waals surface area (Å²) >= 11 is 0. The summed E-state index contributed by atoms with van der Waals surface area (Å²) in [5.41, 5.74) is -0.0254. The van der Waals surface area contributed by atoms with Crippen molar-refractivity contribution >= 4 is 11.8 Å². The SMILES string of the molecule is CC(=O)NCCC(=O)N1C[C@@H]2C[C@@H](O)CN2C2(C1)CN(C1CCOCC1)C2. The molecule has 0 aliphatic carbocycles. The van der Waals surface area contributed by atoms with Crippen LogP contribution in [0, 0.1) is 0 Å². The molecule has 1 spiro atoms. The first-order chi connectivity index (χ1) is 13.0. The molecule has 0 unspecified atom stereocenters. The predicted octanol–water partition coefficient (Wildman–Crippen LogP) is -0.977. The van der Waals surface area contributed by atoms with Crippen LogP contribution in [0.25, 0.3) is 0 Å². The van der Waals surface area contributed by atoms with Crippen molar-refractivity contribution in [2.75, 3.05) is 52.5 Å². The number of β-amino-alcohol motifs (C(OH)–C–C–N with tert-alkyl or cyclic N) is 1. The Kier molecular flexibility index (Phi) is 5.42. The number of carbonyl (C=O) groups is 2. The van der Waals surface area contributed by atoms with E-state index in [9.17, 15) is 14.7 Å². The van der Waals surface area contributed by atoms with Crippen LogP contribution in [0.3, 0.4) is 0 Å². The first kappa shape index (κ1) is 19.1. The molecule has 4 rings (SSSR count). The molecule has 152 valence electrons. The van der Waals surface area contributed by atoms with Gasteiger partial charge in [-0.25, -0.2) is 0 Å². The highest BCUT2D eigenvalue weighted by atomic mass is 16.5. The number of rotatable bonds is 4. The van der Waals surface area contributed by atoms with E-state index in [1.165, 1.54) is 6.92 Å². The smallest absolute Gasteiger partial charge is 0.224 e. The van der Waals surface area contributed by atoms with Gasteiger partial charge in [0.1, 0.15) is 0 Å². The zero-order chi connectivity index (χ0) is 19.0. The van der Waals surface area contributed by atoms with Crippen molar-refractivity contribution < 1.29 is 19.4 Å². The van der Waals surface area contributed by atoms with Crippen LogP contribution in [0.4, 0.5) is 0 Å². The van der Waals surface area contributed by atoms with E-state index in [-0.39, 0.29) is 29.5 Å². The summed E-state index contributed by atoms with van der Waals surface area (Å²) in [6, 6.07) is 0.830. The summed E-state index contributed by atoms with van der Waals surface area (Å²) < 4.78 is 5.49. The van der Waals surface area contributed by atoms with E-state index in [4.69, 9.17) is 4.74 Å². The molecule has 4 aliphatic rings. The highest BCUT2D eigenvalue weighted by molar-refractivity contribution is 5.78. The Hall–Kier alpha value is -1.22. The molecular formula is C19H32N4O4. The highest BCUT2D eigenvalue weighted by Crippen LogP contribution is 2.40. The van der Waals surface area contributed by atoms with E-state index in [2.05, 4.69) is 15.1 Å². The predicted molar refractivity (Wildman–Crippen MR) is 99.1 cm³/mol. The molecule has 4 saturated heterocycles. The summed E-state index contributed by atoms with van der Waals surface area (Å²) in [5.74, 6) is 0.00258. The third kappa shape index (κ3) is 3.85. The van der Waals surface area contributed by atoms with Crippen LogP contribution in [0.1, 0.15) is 32.6 Å². The van der Waals surface area contributed by atoms with Gasteiger partial charge in [-0.1, -0.05) is 0 Å². The molecule has 0 bridgehead atoms. The number of amides is 2. The standard InChI is InChI=1S/C19H32N4O4/c1-14(24)20-5-2-18(26)21-9-16-8-17(25)10-23(16)19(11-21)12-22(13-19)15-3-6-27-7-4-15/h15-17,25H,2-13H2,1H3,(H,20,24)/t16-,17+/m0/s1. The van der Waals surface area contributed by atoms with E-state index < -0.39 is 0 Å². The van der Waals surface area contributed by atoms with Crippen molar-refractivity contribution in [2.45, 2.75) is 56.3 Å². The fraction of sp³-hybridized carbons (Fsp3) is 0.895. The summed E-state index contributed by atoms with van der Waals surface area (Å²) in [5, 5.41) is 12.9. The molecule has 2 amide bonds. The highest BCUT2D eigenvalue weighted by Gasteiger charge is 2.57. The van der Waals surface area contributed by atoms with Gasteiger partial charge in [-0.15, -0.1) is 0 Å². The van der Waals surface area contributed by atoms with Gasteiger partial charge in [-0.3, -0.25) is 19.4 Å². The minimum absolute atomic E-state index is 0.0254. The number of fused-ring (bicyclic) bond motifs is 2. The Labute approximate surface area is 160 Å². The van der Waals surface area contributed by atoms with Crippen molar-refractivity contribution in [3.63, 3.8) is 0 Å². The minimum atomic E-state index is -0.293. The maximum atomic E-state index is 12.7. The molecule has 8 nitrogen and oxygen atoms in total. The van der Waals surface area contributed by atoms with Gasteiger partial charge in [0.2, 0.25) is 11.8 Å². The number of hydrogen-bond acceptors (Lipinski definition) is 6. The van der Waals surface area contributed by atoms with Crippen LogP contribution >= 0.6 is 0 Å². The van der Waals surface area contributed by atoms with Gasteiger partial charge in [0.15, 0.2) is 0 Å². The summed E-state index contributed by atoms with van der Waals surface area (Å²) in [6.07, 6.45) is 2.96. The number of likely N-dealkylation sites (tertiary alicyclic amines) is 1. The number of nitrogens with one attached hydrogen (secondary N) is 1. The topological polar surface area (TPSA) is 85.3 Å². The Balaban J connectivity index is 1.40. The first-order valence-electron chi connectivity index (χ1n) is 10.3. The zero-order valence-electron chi connectivity index (χ0n) is 16.2. The van der Waals surface area contributed by atoms with Crippen molar-refractivity contribution in [3.8, 4) is 0 Å². The van der Waals surface area contributed by atoms with Crippen LogP contribution in [0.15, 0.2) is 0 Å². The average molecular weight is 380 g/mol. The number of nitrogens with zero attached hydrogens (tertiary/aromatic N) is 3. The summed E-state index contributed by atoms with van der Waals surface area (Å²) in [4.78, 5) is 30.8. The molecule has 27 heavy (non-hydrogen) atoms. The van der Waals surface area contributed by atoms with E-state index in [0.29, 0.717) is 25.6 Å². The van der Waals surface area contributed by atoms with Gasteiger partial charge in [-0.05, 0) is 19.3 Å². The number of piperazine rings is 1. The minimum Gasteiger partial charge on any atom is -0.392 e. The van der Waals surface area contributed by atoms with Gasteiger partial charge in [0.05, 0.1) is 11.6 Å². The normalized spacial score (nSPS) is 31.6. The fourth-order valence-electron chi connectivity index (χ4n) is 5.40. The molecular weight excluding hydrogens is 348 g/mol.